The van der Waals surface area contributed by atoms with E-state index in [1.54, 1.807) is 6.55 Å². The second kappa shape index (κ2) is 1.54. The Morgan fingerprint density at radius 3 is 2.00 bits per heavy atom. The second-order valence-electron chi connectivity index (χ2n) is 0.908. The van der Waals surface area contributed by atoms with Gasteiger partial charge in [-0.15, -0.1) is 0 Å². The zero-order valence-electron chi connectivity index (χ0n) is 2.91. The maximum atomic E-state index is 9.69. The molecule has 0 aromatic rings. The Balaban J connectivity index is 2.80. The van der Waals surface area contributed by atoms with Gasteiger partial charge in [-0.1, -0.05) is 0 Å². The van der Waals surface area contributed by atoms with E-state index in [4.69, 9.17) is 0 Å². The quantitative estimate of drug-likeness (QED) is 0.345. The molecule has 0 rings (SSSR count). The predicted octanol–water partition coefficient (Wildman–Crippen LogP) is -1.10. The monoisotopic (exact) mass is 90.0 g/mol. The molecule has 24 valence electrons. The Kier molecular flexibility index (Phi) is 1.63. The Morgan fingerprint density at radius 1 is 2.00 bits per heavy atom. The van der Waals surface area contributed by atoms with E-state index in [-0.39, 0.29) is 0 Å². The molecule has 0 bridgehead atoms. The number of hydrogen-bond acceptors (Lipinski definition) is 1. The van der Waals surface area contributed by atoms with Gasteiger partial charge in [0.2, 0.25) is 8.20 Å². The molecule has 0 saturated carbocycles. The Hall–Kier alpha value is 0.234. The van der Waals surface area contributed by atoms with Crippen LogP contribution in [0.15, 0.2) is 0 Å². The van der Waals surface area contributed by atoms with Crippen molar-refractivity contribution in [2.45, 2.75) is 6.55 Å². The summed E-state index contributed by atoms with van der Waals surface area (Å²) in [7, 11) is -0.0957. The molecule has 0 unspecified atom stereocenters. The maximum Gasteiger partial charge on any atom is 0.241 e. The van der Waals surface area contributed by atoms with Crippen LogP contribution in [-0.2, 0) is 4.46 Å². The Bertz CT molecular complexity index is 29.0. The molecule has 0 fully saturated rings. The minimum Gasteiger partial charge on any atom is -0.394 e. The highest BCUT2D eigenvalue weighted by atomic mass is 29.1. The smallest absolute Gasteiger partial charge is 0.241 e. The second-order valence-corrected chi connectivity index (χ2v) is 6.95. The standard InChI is InChI=1S/CH6OSi2/c1-4(2)3/h1,3H3. The van der Waals surface area contributed by atoms with Crippen LogP contribution in [0.1, 0.15) is 0 Å². The molecule has 4 heavy (non-hydrogen) atoms. The predicted molar refractivity (Wildman–Crippen MR) is 22.2 cm³/mol. The molecule has 0 spiro atoms. The molecule has 0 saturated heterocycles. The fraction of sp³-hybridized carbons (Fsp3) is 1.00. The van der Waals surface area contributed by atoms with Gasteiger partial charge in [0.05, 0.1) is 9.76 Å². The van der Waals surface area contributed by atoms with Crippen molar-refractivity contribution in [3.05, 3.63) is 0 Å². The highest BCUT2D eigenvalue weighted by Crippen LogP contribution is 1.38. The van der Waals surface area contributed by atoms with Crippen LogP contribution in [0, 0.1) is 0 Å². The molecule has 0 N–H and O–H groups in total. The molecule has 0 aliphatic heterocycles. The summed E-state index contributed by atoms with van der Waals surface area (Å²) in [5.74, 6) is 0. The minimum atomic E-state index is -0.991. The third-order valence-corrected chi connectivity index (χ3v) is 0. The lowest BCUT2D eigenvalue weighted by Gasteiger charge is -1.51. The number of hydrogen-bond donors (Lipinski definition) is 0. The van der Waals surface area contributed by atoms with Crippen LogP contribution < -0.4 is 0 Å². The first-order chi connectivity index (χ1) is 1.73. The summed E-state index contributed by atoms with van der Waals surface area (Å²) in [5, 5.41) is 0. The van der Waals surface area contributed by atoms with Crippen molar-refractivity contribution in [3.63, 3.8) is 0 Å². The first kappa shape index (κ1) is 4.23. The van der Waals surface area contributed by atoms with Gasteiger partial charge in [0, 0.05) is 0 Å². The summed E-state index contributed by atoms with van der Waals surface area (Å²) >= 11 is 0. The lowest BCUT2D eigenvalue weighted by Crippen LogP contribution is -1.84. The number of rotatable bonds is 0. The van der Waals surface area contributed by atoms with Gasteiger partial charge in [-0.25, -0.2) is 0 Å². The van der Waals surface area contributed by atoms with E-state index >= 15 is 0 Å². The molecular formula is CH6OSi2. The average molecular weight is 90.2 g/mol. The van der Waals surface area contributed by atoms with Crippen LogP contribution in [0.3, 0.4) is 0 Å². The summed E-state index contributed by atoms with van der Waals surface area (Å²) in [4.78, 5) is 0. The molecule has 0 aliphatic carbocycles. The molecule has 0 heterocycles. The molecule has 0 atom stereocenters. The third-order valence-electron chi connectivity index (χ3n) is 0. The summed E-state index contributed by atoms with van der Waals surface area (Å²) in [5.41, 5.74) is 0. The van der Waals surface area contributed by atoms with Gasteiger partial charge >= 0.3 is 0 Å². The van der Waals surface area contributed by atoms with Gasteiger partial charge in [0.15, 0.2) is 0 Å². The first-order valence-electron chi connectivity index (χ1n) is 1.20. The molecule has 3 heteroatoms. The van der Waals surface area contributed by atoms with Gasteiger partial charge in [-0.05, 0) is 6.55 Å². The van der Waals surface area contributed by atoms with Crippen LogP contribution in [0.5, 0.6) is 0 Å². The fourth-order valence-electron chi connectivity index (χ4n) is 0. The van der Waals surface area contributed by atoms with Crippen molar-refractivity contribution in [3.8, 4) is 0 Å². The van der Waals surface area contributed by atoms with Crippen LogP contribution in [0.25, 0.3) is 0 Å². The van der Waals surface area contributed by atoms with Crippen molar-refractivity contribution < 1.29 is 4.46 Å². The zero-order chi connectivity index (χ0) is 3.58. The van der Waals surface area contributed by atoms with Crippen molar-refractivity contribution in [2.75, 3.05) is 0 Å². The van der Waals surface area contributed by atoms with Gasteiger partial charge < -0.3 is 4.46 Å². The highest BCUT2D eigenvalue weighted by molar-refractivity contribution is 6.93. The van der Waals surface area contributed by atoms with E-state index in [1.807, 2.05) is 0 Å². The molecule has 0 aliphatic rings. The van der Waals surface area contributed by atoms with Crippen molar-refractivity contribution in [1.82, 2.24) is 0 Å². The van der Waals surface area contributed by atoms with Crippen LogP contribution in [0.2, 0.25) is 6.55 Å². The summed E-state index contributed by atoms with van der Waals surface area (Å²) in [6.45, 7) is 1.77. The van der Waals surface area contributed by atoms with E-state index in [1.165, 1.54) is 0 Å². The highest BCUT2D eigenvalue weighted by Gasteiger charge is 1.69. The zero-order valence-corrected chi connectivity index (χ0v) is 5.91. The summed E-state index contributed by atoms with van der Waals surface area (Å²) < 4.78 is 9.69. The molecule has 0 amide bonds. The van der Waals surface area contributed by atoms with Gasteiger partial charge in [0.1, 0.15) is 0 Å². The van der Waals surface area contributed by atoms with Crippen molar-refractivity contribution in [2.24, 2.45) is 0 Å². The van der Waals surface area contributed by atoms with E-state index in [9.17, 15) is 4.46 Å². The van der Waals surface area contributed by atoms with Gasteiger partial charge in [-0.3, -0.25) is 0 Å². The van der Waals surface area contributed by atoms with Crippen LogP contribution in [-0.4, -0.2) is 18.0 Å². The van der Waals surface area contributed by atoms with E-state index < -0.39 is 8.20 Å². The van der Waals surface area contributed by atoms with Crippen molar-refractivity contribution in [1.29, 1.82) is 0 Å². The largest absolute Gasteiger partial charge is 0.394 e. The Morgan fingerprint density at radius 2 is 2.00 bits per heavy atom. The van der Waals surface area contributed by atoms with E-state index in [2.05, 4.69) is 0 Å². The fourth-order valence-corrected chi connectivity index (χ4v) is 0. The summed E-state index contributed by atoms with van der Waals surface area (Å²) in [6, 6.07) is 0. The Labute approximate surface area is 29.9 Å². The van der Waals surface area contributed by atoms with E-state index in [0.29, 0.717) is 0 Å². The van der Waals surface area contributed by atoms with Crippen molar-refractivity contribution >= 4 is 18.0 Å². The summed E-state index contributed by atoms with van der Waals surface area (Å²) in [6.07, 6.45) is 0. The third kappa shape index (κ3) is 62.2. The molecular weight excluding hydrogens is 84.2 g/mol. The topological polar surface area (TPSA) is 17.1 Å². The van der Waals surface area contributed by atoms with E-state index in [0.717, 1.165) is 9.76 Å². The molecule has 0 aromatic heterocycles. The van der Waals surface area contributed by atoms with Crippen LogP contribution in [0.4, 0.5) is 0 Å². The van der Waals surface area contributed by atoms with Crippen LogP contribution >= 0.6 is 0 Å². The first-order valence-corrected chi connectivity index (χ1v) is 6.61. The lowest BCUT2D eigenvalue weighted by molar-refractivity contribution is 0.576. The minimum absolute atomic E-state index is 0.895. The average Bonchev–Trinajstić information content (AvgIpc) is 0.811. The molecule has 0 radical (unpaired) electrons. The lowest BCUT2D eigenvalue weighted by atomic mass is 11.9. The maximum absolute atomic E-state index is 9.69. The normalized spacial score (nSPS) is 7.25. The molecule has 0 aromatic carbocycles. The molecule has 1 nitrogen and oxygen atoms in total. The SMILES string of the molecule is C[Si](=O)[SiH3]. The van der Waals surface area contributed by atoms with Gasteiger partial charge in [-0.2, -0.15) is 0 Å². The van der Waals surface area contributed by atoms with Gasteiger partial charge in [0.25, 0.3) is 0 Å².